The Bertz CT molecular complexity index is 614. The third-order valence-electron chi connectivity index (χ3n) is 3.27. The van der Waals surface area contributed by atoms with Crippen LogP contribution < -0.4 is 0 Å². The quantitative estimate of drug-likeness (QED) is 0.878. The van der Waals surface area contributed by atoms with Crippen molar-refractivity contribution in [2.75, 3.05) is 13.1 Å². The van der Waals surface area contributed by atoms with Crippen LogP contribution in [0.15, 0.2) is 17.5 Å². The number of aliphatic hydroxyl groups excluding tert-OH is 2. The smallest absolute Gasteiger partial charge is 0.266 e. The summed E-state index contributed by atoms with van der Waals surface area (Å²) in [6.07, 6.45) is -1.71. The van der Waals surface area contributed by atoms with E-state index in [9.17, 15) is 15.0 Å². The molecule has 2 aromatic rings. The number of likely N-dealkylation sites (tertiary alicyclic amines) is 1. The van der Waals surface area contributed by atoms with E-state index in [2.05, 4.69) is 4.98 Å². The lowest BCUT2D eigenvalue weighted by atomic mass is 10.3. The largest absolute Gasteiger partial charge is 0.388 e. The van der Waals surface area contributed by atoms with Gasteiger partial charge in [-0.2, -0.15) is 0 Å². The molecule has 0 aromatic carbocycles. The number of aryl methyl sites for hydroxylation is 1. The number of aliphatic hydroxyl groups is 2. The highest BCUT2D eigenvalue weighted by Crippen LogP contribution is 2.32. The molecule has 0 aliphatic carbocycles. The van der Waals surface area contributed by atoms with Crippen molar-refractivity contribution in [3.63, 3.8) is 0 Å². The van der Waals surface area contributed by atoms with E-state index >= 15 is 0 Å². The van der Waals surface area contributed by atoms with Crippen LogP contribution in [0, 0.1) is 6.92 Å². The van der Waals surface area contributed by atoms with Gasteiger partial charge >= 0.3 is 0 Å². The van der Waals surface area contributed by atoms with Crippen molar-refractivity contribution in [3.05, 3.63) is 28.1 Å². The Balaban J connectivity index is 1.86. The Morgan fingerprint density at radius 1 is 1.40 bits per heavy atom. The minimum absolute atomic E-state index is 0.168. The molecular weight excluding hydrogens is 296 g/mol. The Kier molecular flexibility index (Phi) is 3.59. The van der Waals surface area contributed by atoms with E-state index in [1.54, 1.807) is 11.3 Å². The van der Waals surface area contributed by atoms with Crippen molar-refractivity contribution < 1.29 is 15.0 Å². The van der Waals surface area contributed by atoms with Gasteiger partial charge in [0.05, 0.1) is 22.8 Å². The van der Waals surface area contributed by atoms with E-state index in [1.165, 1.54) is 16.2 Å². The first-order chi connectivity index (χ1) is 9.56. The number of hydrogen-bond acceptors (Lipinski definition) is 6. The average Bonchev–Trinajstić information content (AvgIpc) is 3.10. The van der Waals surface area contributed by atoms with Gasteiger partial charge in [-0.25, -0.2) is 4.98 Å². The van der Waals surface area contributed by atoms with Crippen molar-refractivity contribution >= 4 is 28.6 Å². The van der Waals surface area contributed by atoms with Crippen molar-refractivity contribution in [3.8, 4) is 9.88 Å². The highest BCUT2D eigenvalue weighted by molar-refractivity contribution is 7.22. The summed E-state index contributed by atoms with van der Waals surface area (Å²) < 4.78 is 0. The summed E-state index contributed by atoms with van der Waals surface area (Å²) in [6, 6.07) is 3.92. The summed E-state index contributed by atoms with van der Waals surface area (Å²) in [6.45, 7) is 2.15. The maximum atomic E-state index is 12.4. The van der Waals surface area contributed by atoms with E-state index in [0.717, 1.165) is 9.88 Å². The Morgan fingerprint density at radius 3 is 2.70 bits per heavy atom. The van der Waals surface area contributed by atoms with Gasteiger partial charge in [0.1, 0.15) is 9.88 Å². The number of hydrogen-bond donors (Lipinski definition) is 2. The molecule has 0 bridgehead atoms. The second kappa shape index (κ2) is 5.25. The van der Waals surface area contributed by atoms with Crippen molar-refractivity contribution in [2.24, 2.45) is 0 Å². The van der Waals surface area contributed by atoms with Gasteiger partial charge < -0.3 is 15.1 Å². The number of β-amino-alcohol motifs (C(OH)–C–C–N with tert-alkyl or cyclic N) is 2. The second-order valence-electron chi connectivity index (χ2n) is 4.76. The molecule has 1 fully saturated rings. The topological polar surface area (TPSA) is 73.7 Å². The molecule has 2 atom stereocenters. The van der Waals surface area contributed by atoms with Crippen LogP contribution in [-0.2, 0) is 0 Å². The molecule has 20 heavy (non-hydrogen) atoms. The predicted octanol–water partition coefficient (Wildman–Crippen LogP) is 1.36. The highest BCUT2D eigenvalue weighted by Gasteiger charge is 2.34. The van der Waals surface area contributed by atoms with Crippen LogP contribution >= 0.6 is 22.7 Å². The first-order valence-electron chi connectivity index (χ1n) is 6.23. The zero-order valence-corrected chi connectivity index (χ0v) is 12.4. The molecule has 0 radical (unpaired) electrons. The third kappa shape index (κ3) is 2.37. The molecule has 2 N–H and O–H groups in total. The van der Waals surface area contributed by atoms with Crippen LogP contribution in [0.25, 0.3) is 9.88 Å². The molecular formula is C13H14N2O3S2. The van der Waals surface area contributed by atoms with Gasteiger partial charge in [0, 0.05) is 13.1 Å². The summed E-state index contributed by atoms with van der Waals surface area (Å²) in [7, 11) is 0. The van der Waals surface area contributed by atoms with Crippen LogP contribution in [0.3, 0.4) is 0 Å². The van der Waals surface area contributed by atoms with E-state index in [0.29, 0.717) is 10.6 Å². The van der Waals surface area contributed by atoms with Crippen molar-refractivity contribution in [1.29, 1.82) is 0 Å². The number of carbonyl (C=O) groups is 1. The lowest BCUT2D eigenvalue weighted by Gasteiger charge is -2.14. The van der Waals surface area contributed by atoms with Gasteiger partial charge in [0.25, 0.3) is 5.91 Å². The molecule has 7 heteroatoms. The average molecular weight is 310 g/mol. The number of thiazole rings is 1. The van der Waals surface area contributed by atoms with E-state index < -0.39 is 12.2 Å². The van der Waals surface area contributed by atoms with Gasteiger partial charge in [-0.3, -0.25) is 4.79 Å². The maximum absolute atomic E-state index is 12.4. The fourth-order valence-electron chi connectivity index (χ4n) is 2.18. The number of aromatic nitrogens is 1. The number of thiophene rings is 1. The lowest BCUT2D eigenvalue weighted by Crippen LogP contribution is -2.29. The summed E-state index contributed by atoms with van der Waals surface area (Å²) in [5.74, 6) is -0.168. The van der Waals surface area contributed by atoms with Gasteiger partial charge in [-0.05, 0) is 18.4 Å². The third-order valence-corrected chi connectivity index (χ3v) is 5.45. The minimum Gasteiger partial charge on any atom is -0.388 e. The van der Waals surface area contributed by atoms with Gasteiger partial charge in [-0.1, -0.05) is 6.07 Å². The van der Waals surface area contributed by atoms with Gasteiger partial charge in [0.15, 0.2) is 0 Å². The van der Waals surface area contributed by atoms with Crippen molar-refractivity contribution in [1.82, 2.24) is 9.88 Å². The van der Waals surface area contributed by atoms with Crippen LogP contribution in [0.4, 0.5) is 0 Å². The molecule has 3 heterocycles. The molecule has 1 aliphatic rings. The first kappa shape index (κ1) is 13.7. The molecule has 106 valence electrons. The first-order valence-corrected chi connectivity index (χ1v) is 7.92. The minimum atomic E-state index is -0.857. The lowest BCUT2D eigenvalue weighted by molar-refractivity contribution is 0.0572. The summed E-state index contributed by atoms with van der Waals surface area (Å²) >= 11 is 2.95. The standard InChI is InChI=1S/C13H14N2O3S2/c1-7-11(13(18)15-5-8(16)9(17)6-15)20-12(14-7)10-3-2-4-19-10/h2-4,8-9,16-17H,5-6H2,1H3/t8-,9+. The summed E-state index contributed by atoms with van der Waals surface area (Å²) in [5.41, 5.74) is 0.694. The molecule has 1 aliphatic heterocycles. The maximum Gasteiger partial charge on any atom is 0.266 e. The molecule has 0 spiro atoms. The number of nitrogens with zero attached hydrogens (tertiary/aromatic N) is 2. The zero-order valence-electron chi connectivity index (χ0n) is 10.8. The Hall–Kier alpha value is -1.28. The van der Waals surface area contributed by atoms with Crippen LogP contribution in [-0.4, -0.2) is 51.3 Å². The van der Waals surface area contributed by atoms with E-state index in [-0.39, 0.29) is 19.0 Å². The molecule has 0 saturated carbocycles. The summed E-state index contributed by atoms with van der Waals surface area (Å²) in [5, 5.41) is 21.9. The van der Waals surface area contributed by atoms with Gasteiger partial charge in [0.2, 0.25) is 0 Å². The van der Waals surface area contributed by atoms with Crippen LogP contribution in [0.5, 0.6) is 0 Å². The number of carbonyl (C=O) groups excluding carboxylic acids is 1. The fourth-order valence-corrected chi connectivity index (χ4v) is 4.01. The number of amides is 1. The normalized spacial score (nSPS) is 22.4. The van der Waals surface area contributed by atoms with Crippen LogP contribution in [0.2, 0.25) is 0 Å². The number of rotatable bonds is 2. The predicted molar refractivity (Wildman–Crippen MR) is 78.1 cm³/mol. The zero-order chi connectivity index (χ0) is 14.3. The summed E-state index contributed by atoms with van der Waals surface area (Å²) in [4.78, 5) is 20.0. The van der Waals surface area contributed by atoms with E-state index in [4.69, 9.17) is 0 Å². The molecule has 1 amide bonds. The highest BCUT2D eigenvalue weighted by atomic mass is 32.1. The van der Waals surface area contributed by atoms with Crippen molar-refractivity contribution in [2.45, 2.75) is 19.1 Å². The Morgan fingerprint density at radius 2 is 2.10 bits per heavy atom. The molecule has 0 unspecified atom stereocenters. The Labute approximate surface area is 124 Å². The SMILES string of the molecule is Cc1nc(-c2cccs2)sc1C(=O)N1C[C@@H](O)[C@@H](O)C1. The van der Waals surface area contributed by atoms with Gasteiger partial charge in [-0.15, -0.1) is 22.7 Å². The molecule has 3 rings (SSSR count). The van der Waals surface area contributed by atoms with E-state index in [1.807, 2.05) is 24.4 Å². The fraction of sp³-hybridized carbons (Fsp3) is 0.385. The van der Waals surface area contributed by atoms with Crippen LogP contribution in [0.1, 0.15) is 15.4 Å². The molecule has 2 aromatic heterocycles. The molecule has 1 saturated heterocycles. The monoisotopic (exact) mass is 310 g/mol. The second-order valence-corrected chi connectivity index (χ2v) is 6.70. The molecule has 5 nitrogen and oxygen atoms in total.